The number of ketones is 1. The molecule has 104 valence electrons. The van der Waals surface area contributed by atoms with E-state index in [2.05, 4.69) is 4.74 Å². The minimum atomic E-state index is -1.41. The summed E-state index contributed by atoms with van der Waals surface area (Å²) in [5.41, 5.74) is 0.484. The molecule has 1 N–H and O–H groups in total. The molecule has 0 saturated carbocycles. The number of hydrogen-bond acceptors (Lipinski definition) is 5. The summed E-state index contributed by atoms with van der Waals surface area (Å²) in [4.78, 5) is 22.0. The van der Waals surface area contributed by atoms with E-state index < -0.39 is 5.60 Å². The molecule has 0 saturated heterocycles. The largest absolute Gasteiger partial charge is 0.457 e. The summed E-state index contributed by atoms with van der Waals surface area (Å²) in [6, 6.07) is 3.28. The lowest BCUT2D eigenvalue weighted by molar-refractivity contribution is -0.134. The Balaban J connectivity index is 3.03. The number of aryl methyl sites for hydroxylation is 2. The van der Waals surface area contributed by atoms with Crippen molar-refractivity contribution in [3.63, 3.8) is 0 Å². The predicted octanol–water partition coefficient (Wildman–Crippen LogP) is 1.77. The molecule has 0 aliphatic heterocycles. The maximum Gasteiger partial charge on any atom is 0.295 e. The van der Waals surface area contributed by atoms with E-state index in [-0.39, 0.29) is 12.6 Å². The molecule has 19 heavy (non-hydrogen) atoms. The van der Waals surface area contributed by atoms with Crippen LogP contribution in [0.1, 0.15) is 35.3 Å². The number of aliphatic hydroxyl groups is 1. The highest BCUT2D eigenvalue weighted by molar-refractivity contribution is 6.02. The standard InChI is InChI=1S/C14H18O5/c1-9-5-11(13(16)14(3,4)17)6-10(2)12(9)19-8-18-7-15/h5-7,17H,8H2,1-4H3. The van der Waals surface area contributed by atoms with Gasteiger partial charge in [0.15, 0.2) is 5.78 Å². The normalized spacial score (nSPS) is 11.0. The molecule has 0 bridgehead atoms. The van der Waals surface area contributed by atoms with E-state index in [4.69, 9.17) is 4.74 Å². The molecule has 1 rings (SSSR count). The molecule has 1 aromatic carbocycles. The Kier molecular flexibility index (Phi) is 4.67. The van der Waals surface area contributed by atoms with Gasteiger partial charge >= 0.3 is 0 Å². The van der Waals surface area contributed by atoms with Gasteiger partial charge in [-0.05, 0) is 51.0 Å². The van der Waals surface area contributed by atoms with Crippen LogP contribution < -0.4 is 4.74 Å². The minimum Gasteiger partial charge on any atom is -0.457 e. The molecule has 0 aliphatic carbocycles. The van der Waals surface area contributed by atoms with Crippen LogP contribution in [0.3, 0.4) is 0 Å². The van der Waals surface area contributed by atoms with Crippen molar-refractivity contribution in [3.8, 4) is 5.75 Å². The average molecular weight is 266 g/mol. The van der Waals surface area contributed by atoms with Crippen molar-refractivity contribution in [1.29, 1.82) is 0 Å². The van der Waals surface area contributed by atoms with E-state index in [1.165, 1.54) is 13.8 Å². The van der Waals surface area contributed by atoms with E-state index in [0.29, 0.717) is 17.8 Å². The molecule has 0 amide bonds. The molecule has 0 aliphatic rings. The van der Waals surface area contributed by atoms with E-state index in [9.17, 15) is 14.7 Å². The average Bonchev–Trinajstić information content (AvgIpc) is 2.30. The Labute approximate surface area is 112 Å². The smallest absolute Gasteiger partial charge is 0.295 e. The first-order valence-electron chi connectivity index (χ1n) is 5.84. The molecule has 0 spiro atoms. The van der Waals surface area contributed by atoms with Gasteiger partial charge in [-0.3, -0.25) is 9.59 Å². The van der Waals surface area contributed by atoms with Crippen molar-refractivity contribution in [2.45, 2.75) is 33.3 Å². The fourth-order valence-corrected chi connectivity index (χ4v) is 1.78. The quantitative estimate of drug-likeness (QED) is 0.367. The molecule has 1 aromatic rings. The number of benzene rings is 1. The maximum atomic E-state index is 12.0. The van der Waals surface area contributed by atoms with Crippen LogP contribution in [0.4, 0.5) is 0 Å². The van der Waals surface area contributed by atoms with E-state index in [1.807, 2.05) is 0 Å². The van der Waals surface area contributed by atoms with Crippen molar-refractivity contribution in [3.05, 3.63) is 28.8 Å². The lowest BCUT2D eigenvalue weighted by atomic mass is 9.94. The minimum absolute atomic E-state index is 0.177. The number of ether oxygens (including phenoxy) is 2. The molecule has 0 radical (unpaired) electrons. The zero-order valence-corrected chi connectivity index (χ0v) is 11.5. The second-order valence-corrected chi connectivity index (χ2v) is 4.85. The Hall–Kier alpha value is -1.88. The molecule has 0 fully saturated rings. The fraction of sp³-hybridized carbons (Fsp3) is 0.429. The Morgan fingerprint density at radius 3 is 2.26 bits per heavy atom. The first-order valence-corrected chi connectivity index (χ1v) is 5.84. The summed E-state index contributed by atoms with van der Waals surface area (Å²) in [6.45, 7) is 6.58. The summed E-state index contributed by atoms with van der Waals surface area (Å²) in [6.07, 6.45) is 0. The fourth-order valence-electron chi connectivity index (χ4n) is 1.78. The second kappa shape index (κ2) is 5.84. The summed E-state index contributed by atoms with van der Waals surface area (Å²) < 4.78 is 9.77. The van der Waals surface area contributed by atoms with Gasteiger partial charge in [0.2, 0.25) is 6.79 Å². The van der Waals surface area contributed by atoms with Crippen molar-refractivity contribution in [1.82, 2.24) is 0 Å². The van der Waals surface area contributed by atoms with Crippen LogP contribution in [-0.4, -0.2) is 29.8 Å². The Bertz CT molecular complexity index is 462. The third kappa shape index (κ3) is 3.79. The van der Waals surface area contributed by atoms with Gasteiger partial charge in [-0.25, -0.2) is 0 Å². The SMILES string of the molecule is Cc1cc(C(=O)C(C)(C)O)cc(C)c1OCOC=O. The third-order valence-corrected chi connectivity index (χ3v) is 2.62. The summed E-state index contributed by atoms with van der Waals surface area (Å²) in [5.74, 6) is 0.212. The van der Waals surface area contributed by atoms with Crippen molar-refractivity contribution < 1.29 is 24.2 Å². The molecular weight excluding hydrogens is 248 g/mol. The van der Waals surface area contributed by atoms with Gasteiger partial charge in [0.1, 0.15) is 11.4 Å². The number of carbonyl (C=O) groups is 2. The van der Waals surface area contributed by atoms with Gasteiger partial charge in [0, 0.05) is 5.56 Å². The van der Waals surface area contributed by atoms with Gasteiger partial charge in [-0.2, -0.15) is 0 Å². The van der Waals surface area contributed by atoms with E-state index >= 15 is 0 Å². The number of rotatable bonds is 6. The number of hydrogen-bond donors (Lipinski definition) is 1. The van der Waals surface area contributed by atoms with Crippen LogP contribution in [0.15, 0.2) is 12.1 Å². The van der Waals surface area contributed by atoms with Gasteiger partial charge < -0.3 is 14.6 Å². The lowest BCUT2D eigenvalue weighted by Gasteiger charge is -2.18. The number of Topliss-reactive ketones (excluding diaryl/α,β-unsaturated/α-hetero) is 1. The molecule has 5 nitrogen and oxygen atoms in total. The van der Waals surface area contributed by atoms with Crippen LogP contribution in [0.2, 0.25) is 0 Å². The van der Waals surface area contributed by atoms with Crippen molar-refractivity contribution >= 4 is 12.3 Å². The zero-order valence-electron chi connectivity index (χ0n) is 11.5. The van der Waals surface area contributed by atoms with E-state index in [1.54, 1.807) is 26.0 Å². The predicted molar refractivity (Wildman–Crippen MR) is 69.2 cm³/mol. The van der Waals surface area contributed by atoms with Gasteiger partial charge in [-0.1, -0.05) is 0 Å². The van der Waals surface area contributed by atoms with Crippen LogP contribution in [0.25, 0.3) is 0 Å². The van der Waals surface area contributed by atoms with Gasteiger partial charge in [0.05, 0.1) is 0 Å². The molecule has 0 atom stereocenters. The molecular formula is C14H18O5. The van der Waals surface area contributed by atoms with Crippen LogP contribution >= 0.6 is 0 Å². The molecule has 5 heteroatoms. The summed E-state index contributed by atoms with van der Waals surface area (Å²) in [7, 11) is 0. The van der Waals surface area contributed by atoms with Crippen molar-refractivity contribution in [2.24, 2.45) is 0 Å². The van der Waals surface area contributed by atoms with Crippen LogP contribution in [0.5, 0.6) is 5.75 Å². The third-order valence-electron chi connectivity index (χ3n) is 2.62. The molecule has 0 heterocycles. The highest BCUT2D eigenvalue weighted by atomic mass is 16.7. The zero-order chi connectivity index (χ0) is 14.6. The molecule has 0 aromatic heterocycles. The first kappa shape index (κ1) is 15.2. The highest BCUT2D eigenvalue weighted by Gasteiger charge is 2.26. The van der Waals surface area contributed by atoms with Crippen molar-refractivity contribution in [2.75, 3.05) is 6.79 Å². The summed E-state index contributed by atoms with van der Waals surface area (Å²) >= 11 is 0. The monoisotopic (exact) mass is 266 g/mol. The van der Waals surface area contributed by atoms with Crippen LogP contribution in [0, 0.1) is 13.8 Å². The van der Waals surface area contributed by atoms with Gasteiger partial charge in [0.25, 0.3) is 6.47 Å². The van der Waals surface area contributed by atoms with E-state index in [0.717, 1.165) is 11.1 Å². The molecule has 0 unspecified atom stereocenters. The highest BCUT2D eigenvalue weighted by Crippen LogP contribution is 2.26. The maximum absolute atomic E-state index is 12.0. The lowest BCUT2D eigenvalue weighted by Crippen LogP contribution is -2.31. The second-order valence-electron chi connectivity index (χ2n) is 4.85. The number of carbonyl (C=O) groups excluding carboxylic acids is 2. The Morgan fingerprint density at radius 2 is 1.84 bits per heavy atom. The summed E-state index contributed by atoms with van der Waals surface area (Å²) in [5, 5.41) is 9.72. The van der Waals surface area contributed by atoms with Crippen LogP contribution in [-0.2, 0) is 9.53 Å². The topological polar surface area (TPSA) is 72.8 Å². The Morgan fingerprint density at radius 1 is 1.32 bits per heavy atom. The first-order chi connectivity index (χ1) is 8.77. The van der Waals surface area contributed by atoms with Gasteiger partial charge in [-0.15, -0.1) is 0 Å².